The molecule has 23 heteroatoms. The monoisotopic (exact) mass is 771 g/mol. The van der Waals surface area contributed by atoms with Gasteiger partial charge in [-0.3, -0.25) is 13.7 Å². The smallest absolute Gasteiger partial charge is 0.294 e. The molecule has 1 aromatic heterocycles. The van der Waals surface area contributed by atoms with Crippen molar-refractivity contribution in [3.63, 3.8) is 0 Å². The number of hydrogen-bond acceptors (Lipinski definition) is 15. The number of aryl methyl sites for hydroxylation is 1. The van der Waals surface area contributed by atoms with Gasteiger partial charge in [-0.15, -0.1) is 10.2 Å². The molecule has 0 fully saturated rings. The van der Waals surface area contributed by atoms with E-state index >= 15 is 0 Å². The predicted molar refractivity (Wildman–Crippen MR) is 175 cm³/mol. The molecule has 5 rings (SSSR count). The Labute approximate surface area is 286 Å². The van der Waals surface area contributed by atoms with E-state index in [-0.39, 0.29) is 45.3 Å². The molecular formula is C26H19Cl2N7O11S3. The quantitative estimate of drug-likeness (QED) is 0.0699. The van der Waals surface area contributed by atoms with Gasteiger partial charge in [0.15, 0.2) is 11.5 Å². The van der Waals surface area contributed by atoms with Crippen molar-refractivity contribution < 1.29 is 49.1 Å². The minimum atomic E-state index is -4.82. The summed E-state index contributed by atoms with van der Waals surface area (Å²) in [6, 6.07) is 9.83. The van der Waals surface area contributed by atoms with Gasteiger partial charge in [0.25, 0.3) is 30.4 Å². The summed E-state index contributed by atoms with van der Waals surface area (Å²) >= 11 is 11.9. The van der Waals surface area contributed by atoms with E-state index in [9.17, 15) is 49.1 Å². The van der Waals surface area contributed by atoms with E-state index in [1.54, 1.807) is 0 Å². The molecular weight excluding hydrogens is 753 g/mol. The van der Waals surface area contributed by atoms with E-state index in [1.807, 2.05) is 0 Å². The molecule has 0 aliphatic rings. The highest BCUT2D eigenvalue weighted by atomic mass is 35.5. The van der Waals surface area contributed by atoms with Crippen LogP contribution in [0.4, 0.5) is 34.6 Å². The van der Waals surface area contributed by atoms with Gasteiger partial charge in [0.05, 0.1) is 25.4 Å². The van der Waals surface area contributed by atoms with Crippen molar-refractivity contribution in [2.24, 2.45) is 10.2 Å². The number of phenols is 2. The maximum atomic E-state index is 12.1. The van der Waals surface area contributed by atoms with Crippen LogP contribution in [0.2, 0.25) is 10.3 Å². The standard InChI is InChI=1S/C26H19Cl2N7O11S3/c1-11-5-12-6-15(48(41,42)43)9-18(20(12)23(37)21(11)35-34-19-10-16(49(44,45)46)8-17(27)22(19)36)30-26-32-24(28)31-25(33-26)29-13-3-2-4-14(7-13)47(38,39)40/h2-10,36-37H,1H3,(H,38,39,40)(H,41,42,43)(H,44,45,46)(H2,29,30,31,32,33). The summed E-state index contributed by atoms with van der Waals surface area (Å²) in [4.78, 5) is 10.2. The van der Waals surface area contributed by atoms with Gasteiger partial charge < -0.3 is 20.8 Å². The Bertz CT molecular complexity index is 2550. The van der Waals surface area contributed by atoms with Crippen LogP contribution in [0, 0.1) is 6.92 Å². The van der Waals surface area contributed by atoms with Crippen LogP contribution in [-0.4, -0.2) is 64.1 Å². The largest absolute Gasteiger partial charge is 0.505 e. The first kappa shape index (κ1) is 35.6. The molecule has 0 aliphatic carbocycles. The van der Waals surface area contributed by atoms with Crippen LogP contribution in [0.15, 0.2) is 79.5 Å². The molecule has 0 aliphatic heterocycles. The van der Waals surface area contributed by atoms with E-state index in [4.69, 9.17) is 23.2 Å². The Balaban J connectivity index is 1.63. The first-order valence-electron chi connectivity index (χ1n) is 12.9. The lowest BCUT2D eigenvalue weighted by Crippen LogP contribution is -2.06. The molecule has 18 nitrogen and oxygen atoms in total. The summed E-state index contributed by atoms with van der Waals surface area (Å²) in [5.74, 6) is -1.91. The van der Waals surface area contributed by atoms with E-state index in [1.165, 1.54) is 25.1 Å². The number of nitrogens with one attached hydrogen (secondary N) is 2. The molecule has 4 aromatic carbocycles. The minimum Gasteiger partial charge on any atom is -0.505 e. The predicted octanol–water partition coefficient (Wildman–Crippen LogP) is 5.69. The third-order valence-corrected chi connectivity index (χ3v) is 9.43. The zero-order chi connectivity index (χ0) is 36.1. The second-order valence-corrected chi connectivity index (χ2v) is 14.9. The summed E-state index contributed by atoms with van der Waals surface area (Å²) in [5, 5.41) is 33.8. The zero-order valence-corrected chi connectivity index (χ0v) is 28.1. The molecule has 1 heterocycles. The van der Waals surface area contributed by atoms with Crippen LogP contribution < -0.4 is 10.6 Å². The molecule has 0 radical (unpaired) electrons. The third-order valence-electron chi connectivity index (χ3n) is 6.46. The summed E-state index contributed by atoms with van der Waals surface area (Å²) < 4.78 is 99.2. The average molecular weight is 773 g/mol. The van der Waals surface area contributed by atoms with Crippen molar-refractivity contribution in [2.45, 2.75) is 21.6 Å². The molecule has 0 unspecified atom stereocenters. The summed E-state index contributed by atoms with van der Waals surface area (Å²) in [7, 11) is -14.1. The van der Waals surface area contributed by atoms with Gasteiger partial charge in [0.2, 0.25) is 17.2 Å². The molecule has 0 spiro atoms. The van der Waals surface area contributed by atoms with Gasteiger partial charge in [-0.2, -0.15) is 40.2 Å². The number of hydrogen-bond donors (Lipinski definition) is 7. The van der Waals surface area contributed by atoms with Crippen LogP contribution in [0.1, 0.15) is 5.56 Å². The Morgan fingerprint density at radius 2 is 1.31 bits per heavy atom. The van der Waals surface area contributed by atoms with Crippen LogP contribution >= 0.6 is 23.2 Å². The fraction of sp³-hybridized carbons (Fsp3) is 0.0385. The number of benzene rings is 4. The van der Waals surface area contributed by atoms with Crippen molar-refractivity contribution in [2.75, 3.05) is 10.6 Å². The highest BCUT2D eigenvalue weighted by Gasteiger charge is 2.22. The molecule has 7 N–H and O–H groups in total. The fourth-order valence-electron chi connectivity index (χ4n) is 4.33. The second kappa shape index (κ2) is 12.9. The SMILES string of the molecule is Cc1cc2cc(S(=O)(=O)O)cc(Nc3nc(Cl)nc(Nc4cccc(S(=O)(=O)O)c4)n3)c2c(O)c1N=Nc1cc(S(=O)(=O)O)cc(Cl)c1O. The van der Waals surface area contributed by atoms with Crippen molar-refractivity contribution in [3.05, 3.63) is 70.5 Å². The lowest BCUT2D eigenvalue weighted by atomic mass is 10.0. The molecule has 0 atom stereocenters. The highest BCUT2D eigenvalue weighted by Crippen LogP contribution is 2.45. The van der Waals surface area contributed by atoms with Crippen LogP contribution in [0.5, 0.6) is 11.5 Å². The van der Waals surface area contributed by atoms with Crippen LogP contribution in [-0.2, 0) is 30.4 Å². The number of aromatic hydroxyl groups is 2. The number of halogens is 2. The fourth-order valence-corrected chi connectivity index (χ4v) is 6.37. The summed E-state index contributed by atoms with van der Waals surface area (Å²) in [6.07, 6.45) is 0. The Kier molecular flexibility index (Phi) is 9.39. The van der Waals surface area contributed by atoms with Crippen LogP contribution in [0.25, 0.3) is 10.8 Å². The van der Waals surface area contributed by atoms with Crippen molar-refractivity contribution in [1.82, 2.24) is 15.0 Å². The molecule has 0 saturated carbocycles. The Morgan fingerprint density at radius 3 is 1.94 bits per heavy atom. The Hall–Kier alpha value is -4.74. The maximum absolute atomic E-state index is 12.1. The normalized spacial score (nSPS) is 12.4. The van der Waals surface area contributed by atoms with E-state index in [0.717, 1.165) is 36.4 Å². The van der Waals surface area contributed by atoms with Crippen molar-refractivity contribution >= 4 is 99.0 Å². The number of phenolic OH excluding ortho intramolecular Hbond substituents is 2. The van der Waals surface area contributed by atoms with Crippen molar-refractivity contribution in [3.8, 4) is 11.5 Å². The van der Waals surface area contributed by atoms with Gasteiger partial charge >= 0.3 is 0 Å². The second-order valence-electron chi connectivity index (χ2n) is 9.89. The number of azo groups is 1. The first-order valence-corrected chi connectivity index (χ1v) is 18.0. The number of nitrogens with zero attached hydrogens (tertiary/aromatic N) is 5. The van der Waals surface area contributed by atoms with Crippen molar-refractivity contribution in [1.29, 1.82) is 0 Å². The molecule has 0 bridgehead atoms. The summed E-state index contributed by atoms with van der Waals surface area (Å²) in [6.45, 7) is 1.45. The highest BCUT2D eigenvalue weighted by molar-refractivity contribution is 7.86. The maximum Gasteiger partial charge on any atom is 0.294 e. The number of fused-ring (bicyclic) bond motifs is 1. The lowest BCUT2D eigenvalue weighted by molar-refractivity contribution is 0.472. The third kappa shape index (κ3) is 7.95. The van der Waals surface area contributed by atoms with Gasteiger partial charge in [-0.25, -0.2) is 0 Å². The lowest BCUT2D eigenvalue weighted by Gasteiger charge is -2.15. The minimum absolute atomic E-state index is 0.0476. The van der Waals surface area contributed by atoms with Gasteiger partial charge in [-0.1, -0.05) is 17.7 Å². The molecule has 0 amide bonds. The van der Waals surface area contributed by atoms with Gasteiger partial charge in [0, 0.05) is 11.1 Å². The van der Waals surface area contributed by atoms with Gasteiger partial charge in [-0.05, 0) is 78.0 Å². The number of rotatable bonds is 9. The number of anilines is 4. The average Bonchev–Trinajstić information content (AvgIpc) is 2.97. The van der Waals surface area contributed by atoms with E-state index < -0.39 is 72.5 Å². The molecule has 49 heavy (non-hydrogen) atoms. The van der Waals surface area contributed by atoms with Crippen LogP contribution in [0.3, 0.4) is 0 Å². The molecule has 256 valence electrons. The zero-order valence-electron chi connectivity index (χ0n) is 24.1. The molecule has 5 aromatic rings. The molecule has 0 saturated heterocycles. The van der Waals surface area contributed by atoms with E-state index in [2.05, 4.69) is 35.8 Å². The Morgan fingerprint density at radius 1 is 0.694 bits per heavy atom. The summed E-state index contributed by atoms with van der Waals surface area (Å²) in [5.41, 5.74) is -0.677. The van der Waals surface area contributed by atoms with E-state index in [0.29, 0.717) is 0 Å². The topological polar surface area (TPSA) is 291 Å². The van der Waals surface area contributed by atoms with Gasteiger partial charge in [0.1, 0.15) is 11.4 Å². The first-order chi connectivity index (χ1) is 22.7. The number of aromatic nitrogens is 3.